The molecule has 1 aromatic rings. The fourth-order valence-electron chi connectivity index (χ4n) is 5.83. The Labute approximate surface area is 139 Å². The zero-order valence-electron chi connectivity index (χ0n) is 14.3. The first-order chi connectivity index (χ1) is 11.1. The van der Waals surface area contributed by atoms with Gasteiger partial charge in [0.05, 0.1) is 25.9 Å². The standard InChI is InChI=1S/C20H28O3/c1-19(10-7-14-5-3-6-15(11-14)22-2)8-4-9-20-13-23-16(18(19)20)12-17(20)21/h3,5-6,11,16-18,21H,4,7-10,12-13H2,1-2H3/t16-,17-,18?,19+,20-/m0/s1. The van der Waals surface area contributed by atoms with Gasteiger partial charge in [-0.1, -0.05) is 25.5 Å². The Hall–Kier alpha value is -1.06. The van der Waals surface area contributed by atoms with Gasteiger partial charge in [-0.25, -0.2) is 0 Å². The van der Waals surface area contributed by atoms with Crippen LogP contribution >= 0.6 is 0 Å². The fourth-order valence-corrected chi connectivity index (χ4v) is 5.83. The van der Waals surface area contributed by atoms with Crippen molar-refractivity contribution >= 4 is 0 Å². The predicted molar refractivity (Wildman–Crippen MR) is 89.6 cm³/mol. The summed E-state index contributed by atoms with van der Waals surface area (Å²) in [5.74, 6) is 1.47. The summed E-state index contributed by atoms with van der Waals surface area (Å²) in [6, 6.07) is 8.42. The summed E-state index contributed by atoms with van der Waals surface area (Å²) >= 11 is 0. The number of aliphatic hydroxyl groups is 1. The molecule has 4 rings (SSSR count). The van der Waals surface area contributed by atoms with Gasteiger partial charge in [-0.3, -0.25) is 0 Å². The molecule has 2 saturated carbocycles. The summed E-state index contributed by atoms with van der Waals surface area (Å²) in [5, 5.41) is 10.6. The van der Waals surface area contributed by atoms with E-state index >= 15 is 0 Å². The first-order valence-electron chi connectivity index (χ1n) is 9.00. The zero-order valence-corrected chi connectivity index (χ0v) is 14.3. The molecule has 0 aromatic heterocycles. The molecule has 5 atom stereocenters. The highest BCUT2D eigenvalue weighted by atomic mass is 16.5. The molecule has 3 nitrogen and oxygen atoms in total. The van der Waals surface area contributed by atoms with Crippen molar-refractivity contribution in [3.05, 3.63) is 29.8 Å². The topological polar surface area (TPSA) is 38.7 Å². The van der Waals surface area contributed by atoms with Crippen LogP contribution in [0.5, 0.6) is 5.75 Å². The van der Waals surface area contributed by atoms with Gasteiger partial charge in [0.25, 0.3) is 0 Å². The predicted octanol–water partition coefficient (Wildman–Crippen LogP) is 3.58. The van der Waals surface area contributed by atoms with E-state index in [2.05, 4.69) is 25.1 Å². The largest absolute Gasteiger partial charge is 0.497 e. The van der Waals surface area contributed by atoms with Crippen LogP contribution in [-0.4, -0.2) is 31.0 Å². The second-order valence-electron chi connectivity index (χ2n) is 8.17. The van der Waals surface area contributed by atoms with E-state index in [1.807, 2.05) is 6.07 Å². The number of methoxy groups -OCH3 is 1. The van der Waals surface area contributed by atoms with Gasteiger partial charge in [0.2, 0.25) is 0 Å². The molecular weight excluding hydrogens is 288 g/mol. The molecule has 0 amide bonds. The van der Waals surface area contributed by atoms with Gasteiger partial charge < -0.3 is 14.6 Å². The van der Waals surface area contributed by atoms with Crippen molar-refractivity contribution in [1.29, 1.82) is 0 Å². The van der Waals surface area contributed by atoms with Crippen molar-refractivity contribution in [2.75, 3.05) is 13.7 Å². The van der Waals surface area contributed by atoms with Crippen molar-refractivity contribution in [3.8, 4) is 5.75 Å². The lowest BCUT2D eigenvalue weighted by atomic mass is 9.55. The summed E-state index contributed by atoms with van der Waals surface area (Å²) in [6.45, 7) is 3.21. The normalized spacial score (nSPS) is 41.8. The molecule has 3 fully saturated rings. The van der Waals surface area contributed by atoms with E-state index < -0.39 is 0 Å². The Morgan fingerprint density at radius 1 is 1.35 bits per heavy atom. The van der Waals surface area contributed by atoms with Crippen LogP contribution in [0.25, 0.3) is 0 Å². The third-order valence-electron chi connectivity index (χ3n) is 6.94. The Kier molecular flexibility index (Phi) is 3.69. The molecule has 1 saturated heterocycles. The lowest BCUT2D eigenvalue weighted by molar-refractivity contribution is -0.0638. The van der Waals surface area contributed by atoms with Crippen molar-refractivity contribution in [3.63, 3.8) is 0 Å². The molecule has 126 valence electrons. The molecular formula is C20H28O3. The minimum absolute atomic E-state index is 0.0477. The average Bonchev–Trinajstić information content (AvgIpc) is 3.07. The second-order valence-corrected chi connectivity index (χ2v) is 8.17. The average molecular weight is 316 g/mol. The van der Waals surface area contributed by atoms with E-state index in [1.54, 1.807) is 7.11 Å². The number of benzene rings is 1. The van der Waals surface area contributed by atoms with Gasteiger partial charge in [0, 0.05) is 17.8 Å². The molecule has 1 heterocycles. The zero-order chi connectivity index (χ0) is 16.1. The molecule has 1 N–H and O–H groups in total. The maximum absolute atomic E-state index is 10.6. The minimum atomic E-state index is -0.150. The SMILES string of the molecule is COc1cccc(CC[C@@]2(C)CCC[C@]34CO[C@@H](C[C@@H]3O)C24)c1. The maximum Gasteiger partial charge on any atom is 0.119 e. The van der Waals surface area contributed by atoms with Crippen molar-refractivity contribution in [1.82, 2.24) is 0 Å². The van der Waals surface area contributed by atoms with Crippen LogP contribution in [0, 0.1) is 16.7 Å². The Balaban J connectivity index is 1.53. The number of rotatable bonds is 4. The van der Waals surface area contributed by atoms with Crippen molar-refractivity contribution < 1.29 is 14.6 Å². The summed E-state index contributed by atoms with van der Waals surface area (Å²) in [5.41, 5.74) is 1.67. The molecule has 0 spiro atoms. The number of aliphatic hydroxyl groups excluding tert-OH is 1. The Morgan fingerprint density at radius 2 is 2.22 bits per heavy atom. The van der Waals surface area contributed by atoms with Crippen LogP contribution in [0.3, 0.4) is 0 Å². The Bertz CT molecular complexity index is 586. The van der Waals surface area contributed by atoms with Crippen LogP contribution in [0.1, 0.15) is 44.6 Å². The fraction of sp³-hybridized carbons (Fsp3) is 0.700. The molecule has 3 heteroatoms. The van der Waals surface area contributed by atoms with Gasteiger partial charge in [0.1, 0.15) is 5.75 Å². The third kappa shape index (κ3) is 2.32. The van der Waals surface area contributed by atoms with Gasteiger partial charge in [-0.05, 0) is 48.8 Å². The van der Waals surface area contributed by atoms with Crippen LogP contribution in [0.15, 0.2) is 24.3 Å². The Morgan fingerprint density at radius 3 is 3.00 bits per heavy atom. The van der Waals surface area contributed by atoms with Crippen LogP contribution in [0.4, 0.5) is 0 Å². The molecule has 2 bridgehead atoms. The van der Waals surface area contributed by atoms with E-state index in [-0.39, 0.29) is 23.0 Å². The molecule has 2 aliphatic carbocycles. The van der Waals surface area contributed by atoms with Crippen molar-refractivity contribution in [2.45, 2.75) is 57.7 Å². The number of ether oxygens (including phenoxy) is 2. The molecule has 3 aliphatic rings. The van der Waals surface area contributed by atoms with Crippen LogP contribution in [-0.2, 0) is 11.2 Å². The van der Waals surface area contributed by atoms with Gasteiger partial charge in [0.15, 0.2) is 0 Å². The monoisotopic (exact) mass is 316 g/mol. The summed E-state index contributed by atoms with van der Waals surface area (Å²) in [6.07, 6.45) is 6.84. The molecule has 1 aliphatic heterocycles. The molecule has 23 heavy (non-hydrogen) atoms. The third-order valence-corrected chi connectivity index (χ3v) is 6.94. The molecule has 1 aromatic carbocycles. The quantitative estimate of drug-likeness (QED) is 0.922. The first-order valence-corrected chi connectivity index (χ1v) is 9.00. The van der Waals surface area contributed by atoms with E-state index in [1.165, 1.54) is 24.8 Å². The highest BCUT2D eigenvalue weighted by molar-refractivity contribution is 5.28. The first kappa shape index (κ1) is 15.5. The van der Waals surface area contributed by atoms with Gasteiger partial charge in [-0.2, -0.15) is 0 Å². The van der Waals surface area contributed by atoms with E-state index in [4.69, 9.17) is 9.47 Å². The number of aryl methyl sites for hydroxylation is 1. The van der Waals surface area contributed by atoms with Crippen LogP contribution < -0.4 is 4.74 Å². The molecule has 0 radical (unpaired) electrons. The number of hydrogen-bond donors (Lipinski definition) is 1. The maximum atomic E-state index is 10.6. The summed E-state index contributed by atoms with van der Waals surface area (Å²) in [4.78, 5) is 0. The highest BCUT2D eigenvalue weighted by Gasteiger charge is 2.66. The second kappa shape index (κ2) is 5.49. The van der Waals surface area contributed by atoms with Crippen molar-refractivity contribution in [2.24, 2.45) is 16.7 Å². The molecule has 1 unspecified atom stereocenters. The minimum Gasteiger partial charge on any atom is -0.497 e. The van der Waals surface area contributed by atoms with E-state index in [0.29, 0.717) is 5.92 Å². The lowest BCUT2D eigenvalue weighted by Crippen LogP contribution is -2.47. The van der Waals surface area contributed by atoms with Crippen LogP contribution in [0.2, 0.25) is 0 Å². The highest BCUT2D eigenvalue weighted by Crippen LogP contribution is 2.65. The lowest BCUT2D eigenvalue weighted by Gasteiger charge is -2.48. The number of hydrogen-bond acceptors (Lipinski definition) is 3. The van der Waals surface area contributed by atoms with Gasteiger partial charge >= 0.3 is 0 Å². The smallest absolute Gasteiger partial charge is 0.119 e. The summed E-state index contributed by atoms with van der Waals surface area (Å²) < 4.78 is 11.4. The van der Waals surface area contributed by atoms with Gasteiger partial charge in [-0.15, -0.1) is 0 Å². The van der Waals surface area contributed by atoms with E-state index in [9.17, 15) is 5.11 Å². The van der Waals surface area contributed by atoms with E-state index in [0.717, 1.165) is 31.6 Å². The summed E-state index contributed by atoms with van der Waals surface area (Å²) in [7, 11) is 1.72.